The Bertz CT molecular complexity index is 209. The van der Waals surface area contributed by atoms with Gasteiger partial charge in [-0.1, -0.05) is 46.0 Å². The zero-order valence-corrected chi connectivity index (χ0v) is 10.7. The molecule has 1 saturated carbocycles. The van der Waals surface area contributed by atoms with Crippen molar-refractivity contribution in [1.82, 2.24) is 0 Å². The van der Waals surface area contributed by atoms with Crippen molar-refractivity contribution in [1.29, 1.82) is 0 Å². The summed E-state index contributed by atoms with van der Waals surface area (Å²) in [4.78, 5) is 0. The van der Waals surface area contributed by atoms with E-state index in [1.807, 2.05) is 0 Å². The van der Waals surface area contributed by atoms with Gasteiger partial charge in [0.15, 0.2) is 0 Å². The first-order valence-electron chi connectivity index (χ1n) is 7.00. The molecule has 2 fully saturated rings. The van der Waals surface area contributed by atoms with Gasteiger partial charge in [0.2, 0.25) is 0 Å². The van der Waals surface area contributed by atoms with Crippen LogP contribution in [0.1, 0.15) is 58.8 Å². The van der Waals surface area contributed by atoms with E-state index in [0.717, 1.165) is 12.3 Å². The predicted octanol–water partition coefficient (Wildman–Crippen LogP) is 3.13. The molecule has 1 aliphatic heterocycles. The van der Waals surface area contributed by atoms with Crippen LogP contribution in [0.4, 0.5) is 0 Å². The number of rotatable bonds is 5. The maximum absolute atomic E-state index is 9.93. The minimum absolute atomic E-state index is 0.157. The lowest BCUT2D eigenvalue weighted by Gasteiger charge is -2.20. The molecule has 0 aromatic carbocycles. The first kappa shape index (κ1) is 12.4. The van der Waals surface area contributed by atoms with Crippen LogP contribution in [0, 0.1) is 11.8 Å². The molecule has 0 bridgehead atoms. The highest BCUT2D eigenvalue weighted by Gasteiger charge is 2.45. The maximum Gasteiger partial charge on any atom is 0.110 e. The van der Waals surface area contributed by atoms with E-state index in [2.05, 4.69) is 13.8 Å². The van der Waals surface area contributed by atoms with Crippen molar-refractivity contribution in [3.05, 3.63) is 0 Å². The molecule has 0 aromatic heterocycles. The molecule has 1 saturated heterocycles. The molecule has 0 radical (unpaired) electrons. The quantitative estimate of drug-likeness (QED) is 0.731. The zero-order chi connectivity index (χ0) is 11.5. The van der Waals surface area contributed by atoms with Gasteiger partial charge < -0.3 is 9.84 Å². The van der Waals surface area contributed by atoms with Crippen LogP contribution in [0.2, 0.25) is 0 Å². The number of hydrogen-bond acceptors (Lipinski definition) is 2. The Balaban J connectivity index is 1.66. The Morgan fingerprint density at radius 2 is 1.88 bits per heavy atom. The summed E-state index contributed by atoms with van der Waals surface area (Å²) in [6.45, 7) is 4.31. The molecule has 94 valence electrons. The Hall–Kier alpha value is -0.0800. The number of epoxide rings is 1. The normalized spacial score (nSPS) is 33.0. The second-order valence-corrected chi connectivity index (χ2v) is 6.08. The van der Waals surface area contributed by atoms with Gasteiger partial charge in [-0.3, -0.25) is 0 Å². The van der Waals surface area contributed by atoms with Gasteiger partial charge in [-0.2, -0.15) is 0 Å². The summed E-state index contributed by atoms with van der Waals surface area (Å²) in [5.74, 6) is 1.43. The van der Waals surface area contributed by atoms with Gasteiger partial charge in [0, 0.05) is 0 Å². The summed E-state index contributed by atoms with van der Waals surface area (Å²) in [5.41, 5.74) is 0. The van der Waals surface area contributed by atoms with Crippen molar-refractivity contribution in [2.45, 2.75) is 77.1 Å². The molecule has 1 N–H and O–H groups in total. The number of ether oxygens (including phenoxy) is 1. The van der Waals surface area contributed by atoms with Gasteiger partial charge >= 0.3 is 0 Å². The molecule has 3 atom stereocenters. The van der Waals surface area contributed by atoms with E-state index in [1.165, 1.54) is 38.5 Å². The molecular formula is C14H26O2. The van der Waals surface area contributed by atoms with Gasteiger partial charge in [0.1, 0.15) is 6.10 Å². The van der Waals surface area contributed by atoms with Gasteiger partial charge in [-0.15, -0.1) is 0 Å². The summed E-state index contributed by atoms with van der Waals surface area (Å²) < 4.78 is 5.63. The topological polar surface area (TPSA) is 32.8 Å². The standard InChI is InChI=1S/C14H26O2/c1-10(2)8-12(15)14-13(16-14)9-11-6-4-3-5-7-11/h10-15H,3-9H2,1-2H3/t12-,13-,14-/m1/s1. The molecule has 0 aromatic rings. The maximum atomic E-state index is 9.93. The fourth-order valence-electron chi connectivity index (χ4n) is 3.05. The molecule has 2 aliphatic rings. The van der Waals surface area contributed by atoms with Crippen molar-refractivity contribution >= 4 is 0 Å². The Morgan fingerprint density at radius 3 is 2.50 bits per heavy atom. The third-order valence-electron chi connectivity index (χ3n) is 4.00. The summed E-state index contributed by atoms with van der Waals surface area (Å²) in [5, 5.41) is 9.93. The lowest BCUT2D eigenvalue weighted by atomic mass is 9.85. The summed E-state index contributed by atoms with van der Waals surface area (Å²) in [7, 11) is 0. The number of aliphatic hydroxyl groups is 1. The molecule has 2 nitrogen and oxygen atoms in total. The Kier molecular flexibility index (Phi) is 4.26. The lowest BCUT2D eigenvalue weighted by Crippen LogP contribution is -2.20. The van der Waals surface area contributed by atoms with E-state index < -0.39 is 0 Å². The molecule has 1 heterocycles. The van der Waals surface area contributed by atoms with Crippen LogP contribution in [0.3, 0.4) is 0 Å². The van der Waals surface area contributed by atoms with Gasteiger partial charge in [0.25, 0.3) is 0 Å². The van der Waals surface area contributed by atoms with E-state index in [9.17, 15) is 5.11 Å². The molecule has 1 aliphatic carbocycles. The van der Waals surface area contributed by atoms with E-state index in [0.29, 0.717) is 12.0 Å². The first-order chi connectivity index (χ1) is 7.66. The highest BCUT2D eigenvalue weighted by molar-refractivity contribution is 4.92. The van der Waals surface area contributed by atoms with E-state index in [4.69, 9.17) is 4.74 Å². The van der Waals surface area contributed by atoms with Crippen LogP contribution in [0.25, 0.3) is 0 Å². The van der Waals surface area contributed by atoms with Crippen LogP contribution in [-0.2, 0) is 4.74 Å². The van der Waals surface area contributed by atoms with E-state index >= 15 is 0 Å². The molecule has 0 amide bonds. The molecule has 0 unspecified atom stereocenters. The molecule has 0 spiro atoms. The average molecular weight is 226 g/mol. The minimum atomic E-state index is -0.228. The smallest absolute Gasteiger partial charge is 0.110 e. The fourth-order valence-corrected chi connectivity index (χ4v) is 3.05. The van der Waals surface area contributed by atoms with Crippen molar-refractivity contribution in [2.24, 2.45) is 11.8 Å². The van der Waals surface area contributed by atoms with Crippen LogP contribution >= 0.6 is 0 Å². The summed E-state index contributed by atoms with van der Waals surface area (Å²) in [6.07, 6.45) is 9.36. The van der Waals surface area contributed by atoms with E-state index in [-0.39, 0.29) is 12.2 Å². The van der Waals surface area contributed by atoms with Crippen molar-refractivity contribution in [3.63, 3.8) is 0 Å². The van der Waals surface area contributed by atoms with Crippen molar-refractivity contribution in [2.75, 3.05) is 0 Å². The monoisotopic (exact) mass is 226 g/mol. The highest BCUT2D eigenvalue weighted by atomic mass is 16.6. The predicted molar refractivity (Wildman–Crippen MR) is 65.3 cm³/mol. The minimum Gasteiger partial charge on any atom is -0.390 e. The van der Waals surface area contributed by atoms with Crippen LogP contribution < -0.4 is 0 Å². The van der Waals surface area contributed by atoms with Crippen LogP contribution in [-0.4, -0.2) is 23.4 Å². The molecule has 16 heavy (non-hydrogen) atoms. The van der Waals surface area contributed by atoms with Gasteiger partial charge in [-0.05, 0) is 24.7 Å². The highest BCUT2D eigenvalue weighted by Crippen LogP contribution is 2.37. The van der Waals surface area contributed by atoms with E-state index in [1.54, 1.807) is 0 Å². The first-order valence-corrected chi connectivity index (χ1v) is 7.00. The largest absolute Gasteiger partial charge is 0.390 e. The second kappa shape index (κ2) is 5.50. The summed E-state index contributed by atoms with van der Waals surface area (Å²) in [6, 6.07) is 0. The molecular weight excluding hydrogens is 200 g/mol. The average Bonchev–Trinajstić information content (AvgIpc) is 2.98. The number of hydrogen-bond donors (Lipinski definition) is 1. The number of aliphatic hydroxyl groups excluding tert-OH is 1. The van der Waals surface area contributed by atoms with Crippen molar-refractivity contribution in [3.8, 4) is 0 Å². The van der Waals surface area contributed by atoms with Crippen molar-refractivity contribution < 1.29 is 9.84 Å². The van der Waals surface area contributed by atoms with Crippen LogP contribution in [0.15, 0.2) is 0 Å². The third-order valence-corrected chi connectivity index (χ3v) is 4.00. The van der Waals surface area contributed by atoms with Crippen LogP contribution in [0.5, 0.6) is 0 Å². The summed E-state index contributed by atoms with van der Waals surface area (Å²) >= 11 is 0. The third kappa shape index (κ3) is 3.46. The lowest BCUT2D eigenvalue weighted by molar-refractivity contribution is 0.113. The Morgan fingerprint density at radius 1 is 1.19 bits per heavy atom. The second-order valence-electron chi connectivity index (χ2n) is 6.08. The SMILES string of the molecule is CC(C)C[C@@H](O)[C@H]1O[C@@H]1CC1CCCCC1. The molecule has 2 rings (SSSR count). The van der Waals surface area contributed by atoms with Gasteiger partial charge in [0.05, 0.1) is 12.2 Å². The zero-order valence-electron chi connectivity index (χ0n) is 10.7. The fraction of sp³-hybridized carbons (Fsp3) is 1.00. The molecule has 2 heteroatoms. The Labute approximate surface area is 99.4 Å². The van der Waals surface area contributed by atoms with Gasteiger partial charge in [-0.25, -0.2) is 0 Å².